The van der Waals surface area contributed by atoms with Gasteiger partial charge in [-0.1, -0.05) is 22.0 Å². The van der Waals surface area contributed by atoms with Crippen LogP contribution in [0, 0.1) is 6.92 Å². The first kappa shape index (κ1) is 21.6. The lowest BCUT2D eigenvalue weighted by atomic mass is 10.2. The van der Waals surface area contributed by atoms with E-state index in [2.05, 4.69) is 48.5 Å². The summed E-state index contributed by atoms with van der Waals surface area (Å²) in [6.07, 6.45) is 1.46. The molecule has 27 heavy (non-hydrogen) atoms. The first-order chi connectivity index (χ1) is 12.7. The highest BCUT2D eigenvalue weighted by atomic mass is 79.9. The number of rotatable bonds is 8. The van der Waals surface area contributed by atoms with E-state index in [1.165, 1.54) is 30.3 Å². The molecule has 0 saturated heterocycles. The van der Waals surface area contributed by atoms with Crippen LogP contribution in [0.3, 0.4) is 0 Å². The monoisotopic (exact) mass is 516 g/mol. The molecule has 2 aromatic carbocycles. The smallest absolute Gasteiger partial charge is 0.262 e. The van der Waals surface area contributed by atoms with Gasteiger partial charge in [0.25, 0.3) is 5.91 Å². The third-order valence-electron chi connectivity index (χ3n) is 3.41. The number of sulfonamides is 1. The van der Waals surface area contributed by atoms with Crippen molar-refractivity contribution in [2.75, 3.05) is 18.5 Å². The second-order valence-corrected chi connectivity index (χ2v) is 9.07. The predicted molar refractivity (Wildman–Crippen MR) is 113 cm³/mol. The molecule has 0 bridgehead atoms. The van der Waals surface area contributed by atoms with Crippen molar-refractivity contribution in [2.24, 2.45) is 0 Å². The van der Waals surface area contributed by atoms with Gasteiger partial charge in [-0.3, -0.25) is 4.79 Å². The number of carbonyl (C=O) groups excluding carboxylic acids is 1. The fourth-order valence-electron chi connectivity index (χ4n) is 2.18. The number of amides is 1. The lowest BCUT2D eigenvalue weighted by Crippen LogP contribution is -2.23. The number of halogens is 2. The van der Waals surface area contributed by atoms with Crippen molar-refractivity contribution in [3.05, 3.63) is 63.6 Å². The Kier molecular flexibility index (Phi) is 7.60. The Morgan fingerprint density at radius 3 is 2.48 bits per heavy atom. The molecule has 2 N–H and O–H groups in total. The van der Waals surface area contributed by atoms with Gasteiger partial charge < -0.3 is 10.1 Å². The molecule has 0 spiro atoms. The molecule has 0 aliphatic heterocycles. The van der Waals surface area contributed by atoms with Crippen LogP contribution in [0.4, 0.5) is 5.69 Å². The first-order valence-electron chi connectivity index (χ1n) is 7.82. The molecule has 9 heteroatoms. The summed E-state index contributed by atoms with van der Waals surface area (Å²) in [5.41, 5.74) is 1.35. The quantitative estimate of drug-likeness (QED) is 0.518. The minimum atomic E-state index is -3.59. The summed E-state index contributed by atoms with van der Waals surface area (Å²) in [4.78, 5) is 12.2. The normalized spacial score (nSPS) is 11.1. The van der Waals surface area contributed by atoms with Crippen molar-refractivity contribution in [2.45, 2.75) is 11.8 Å². The highest BCUT2D eigenvalue weighted by Crippen LogP contribution is 2.32. The Balaban J connectivity index is 1.97. The minimum Gasteiger partial charge on any atom is -0.482 e. The molecule has 0 heterocycles. The number of benzene rings is 2. The molecule has 0 radical (unpaired) electrons. The lowest BCUT2D eigenvalue weighted by molar-refractivity contribution is -0.118. The van der Waals surface area contributed by atoms with Crippen molar-refractivity contribution < 1.29 is 17.9 Å². The predicted octanol–water partition coefficient (Wildman–Crippen LogP) is 4.00. The zero-order chi connectivity index (χ0) is 20.0. The maximum Gasteiger partial charge on any atom is 0.262 e. The van der Waals surface area contributed by atoms with Gasteiger partial charge in [0, 0.05) is 16.7 Å². The van der Waals surface area contributed by atoms with Crippen molar-refractivity contribution in [1.82, 2.24) is 4.72 Å². The van der Waals surface area contributed by atoms with Gasteiger partial charge in [-0.15, -0.1) is 6.58 Å². The Morgan fingerprint density at radius 2 is 1.89 bits per heavy atom. The molecule has 144 valence electrons. The summed E-state index contributed by atoms with van der Waals surface area (Å²) in [6, 6.07) is 9.58. The maximum atomic E-state index is 12.1. The van der Waals surface area contributed by atoms with Crippen LogP contribution in [0.2, 0.25) is 0 Å². The average Bonchev–Trinajstić information content (AvgIpc) is 2.59. The number of anilines is 1. The number of hydrogen-bond donors (Lipinski definition) is 2. The van der Waals surface area contributed by atoms with Crippen LogP contribution in [-0.4, -0.2) is 27.5 Å². The van der Waals surface area contributed by atoms with Crippen LogP contribution in [0.25, 0.3) is 0 Å². The van der Waals surface area contributed by atoms with Gasteiger partial charge in [0.15, 0.2) is 6.61 Å². The van der Waals surface area contributed by atoms with E-state index < -0.39 is 10.0 Å². The molecule has 2 rings (SSSR count). The van der Waals surface area contributed by atoms with Gasteiger partial charge in [-0.2, -0.15) is 0 Å². The zero-order valence-corrected chi connectivity index (χ0v) is 18.4. The SMILES string of the molecule is C=CCNS(=O)(=O)c1ccc(NC(=O)COc2c(C)cc(Br)cc2Br)cc1. The molecule has 0 aliphatic rings. The number of carbonyl (C=O) groups is 1. The Hall–Kier alpha value is -1.68. The fraction of sp³-hybridized carbons (Fsp3) is 0.167. The second kappa shape index (κ2) is 9.50. The highest BCUT2D eigenvalue weighted by Gasteiger charge is 2.13. The maximum absolute atomic E-state index is 12.1. The van der Waals surface area contributed by atoms with Gasteiger partial charge in [0.1, 0.15) is 5.75 Å². The number of nitrogens with one attached hydrogen (secondary N) is 2. The summed E-state index contributed by atoms with van der Waals surface area (Å²) in [7, 11) is -3.59. The molecular weight excluding hydrogens is 500 g/mol. The Labute approximate surface area is 175 Å². The van der Waals surface area contributed by atoms with Crippen molar-refractivity contribution in [3.8, 4) is 5.75 Å². The first-order valence-corrected chi connectivity index (χ1v) is 10.9. The van der Waals surface area contributed by atoms with E-state index in [0.717, 1.165) is 14.5 Å². The Bertz CT molecular complexity index is 921. The summed E-state index contributed by atoms with van der Waals surface area (Å²) in [6.45, 7) is 5.31. The molecule has 0 aromatic heterocycles. The third-order valence-corrected chi connectivity index (χ3v) is 5.89. The largest absolute Gasteiger partial charge is 0.482 e. The fourth-order valence-corrected chi connectivity index (χ4v) is 4.73. The van der Waals surface area contributed by atoms with E-state index in [0.29, 0.717) is 11.4 Å². The summed E-state index contributed by atoms with van der Waals surface area (Å²) < 4.78 is 33.6. The summed E-state index contributed by atoms with van der Waals surface area (Å²) in [5.74, 6) is 0.229. The standard InChI is InChI=1S/C18H18Br2N2O4S/c1-3-8-21-27(24,25)15-6-4-14(5-7-15)22-17(23)11-26-18-12(2)9-13(19)10-16(18)20/h3-7,9-10,21H,1,8,11H2,2H3,(H,22,23). The number of ether oxygens (including phenoxy) is 1. The van der Waals surface area contributed by atoms with E-state index in [4.69, 9.17) is 4.74 Å². The second-order valence-electron chi connectivity index (χ2n) is 5.54. The van der Waals surface area contributed by atoms with E-state index in [1.54, 1.807) is 0 Å². The number of aryl methyl sites for hydroxylation is 1. The van der Waals surface area contributed by atoms with E-state index in [9.17, 15) is 13.2 Å². The lowest BCUT2D eigenvalue weighted by Gasteiger charge is -2.12. The van der Waals surface area contributed by atoms with E-state index in [1.807, 2.05) is 19.1 Å². The molecule has 2 aromatic rings. The topological polar surface area (TPSA) is 84.5 Å². The minimum absolute atomic E-state index is 0.105. The van der Waals surface area contributed by atoms with Gasteiger partial charge >= 0.3 is 0 Å². The van der Waals surface area contributed by atoms with Crippen molar-refractivity contribution in [1.29, 1.82) is 0 Å². The van der Waals surface area contributed by atoms with Crippen LogP contribution in [0.5, 0.6) is 5.75 Å². The van der Waals surface area contributed by atoms with Crippen LogP contribution < -0.4 is 14.8 Å². The summed E-state index contributed by atoms with van der Waals surface area (Å²) >= 11 is 6.79. The van der Waals surface area contributed by atoms with Crippen LogP contribution in [0.1, 0.15) is 5.56 Å². The van der Waals surface area contributed by atoms with E-state index in [-0.39, 0.29) is 24.0 Å². The Morgan fingerprint density at radius 1 is 1.22 bits per heavy atom. The molecular formula is C18H18Br2N2O4S. The summed E-state index contributed by atoms with van der Waals surface area (Å²) in [5, 5.41) is 2.66. The van der Waals surface area contributed by atoms with E-state index >= 15 is 0 Å². The van der Waals surface area contributed by atoms with Crippen molar-refractivity contribution >= 4 is 53.5 Å². The van der Waals surface area contributed by atoms with Gasteiger partial charge in [0.05, 0.1) is 9.37 Å². The van der Waals surface area contributed by atoms with Crippen LogP contribution in [0.15, 0.2) is 62.9 Å². The molecule has 0 fully saturated rings. The van der Waals surface area contributed by atoms with Crippen LogP contribution >= 0.6 is 31.9 Å². The third kappa shape index (κ3) is 6.17. The number of hydrogen-bond acceptors (Lipinski definition) is 4. The molecule has 0 unspecified atom stereocenters. The molecule has 0 aliphatic carbocycles. The molecule has 1 amide bonds. The average molecular weight is 518 g/mol. The molecule has 0 atom stereocenters. The van der Waals surface area contributed by atoms with Gasteiger partial charge in [-0.25, -0.2) is 13.1 Å². The van der Waals surface area contributed by atoms with Gasteiger partial charge in [-0.05, 0) is 64.8 Å². The van der Waals surface area contributed by atoms with Crippen molar-refractivity contribution in [3.63, 3.8) is 0 Å². The van der Waals surface area contributed by atoms with Gasteiger partial charge in [0.2, 0.25) is 10.0 Å². The molecule has 6 nitrogen and oxygen atoms in total. The molecule has 0 saturated carbocycles. The van der Waals surface area contributed by atoms with Crippen LogP contribution in [-0.2, 0) is 14.8 Å². The zero-order valence-electron chi connectivity index (χ0n) is 14.5. The highest BCUT2D eigenvalue weighted by molar-refractivity contribution is 9.11.